The van der Waals surface area contributed by atoms with E-state index in [1.165, 1.54) is 6.08 Å². The van der Waals surface area contributed by atoms with Crippen molar-refractivity contribution in [2.24, 2.45) is 5.16 Å². The lowest BCUT2D eigenvalue weighted by Gasteiger charge is -2.13. The summed E-state index contributed by atoms with van der Waals surface area (Å²) < 4.78 is 0. The summed E-state index contributed by atoms with van der Waals surface area (Å²) in [4.78, 5) is 11.2. The van der Waals surface area contributed by atoms with Crippen LogP contribution in [0.15, 0.2) is 28.0 Å². The van der Waals surface area contributed by atoms with Crippen LogP contribution < -0.4 is 0 Å². The lowest BCUT2D eigenvalue weighted by Crippen LogP contribution is -2.15. The van der Waals surface area contributed by atoms with Gasteiger partial charge in [0, 0.05) is 5.57 Å². The summed E-state index contributed by atoms with van der Waals surface area (Å²) in [5.74, 6) is -0.00241. The predicted octanol–water partition coefficient (Wildman–Crippen LogP) is 1.68. The average Bonchev–Trinajstić information content (AvgIpc) is 2.01. The molecule has 3 heteroatoms. The summed E-state index contributed by atoms with van der Waals surface area (Å²) in [5, 5.41) is 11.8. The van der Waals surface area contributed by atoms with Gasteiger partial charge in [0.25, 0.3) is 0 Å². The fourth-order valence-corrected chi connectivity index (χ4v) is 1.19. The molecule has 0 amide bonds. The van der Waals surface area contributed by atoms with Crippen LogP contribution in [0, 0.1) is 0 Å². The van der Waals surface area contributed by atoms with Gasteiger partial charge in [-0.1, -0.05) is 5.16 Å². The number of carbonyl (C=O) groups is 1. The molecule has 0 saturated heterocycles. The van der Waals surface area contributed by atoms with Crippen LogP contribution in [0.25, 0.3) is 0 Å². The van der Waals surface area contributed by atoms with Crippen LogP contribution in [0.5, 0.6) is 0 Å². The van der Waals surface area contributed by atoms with Crippen LogP contribution in [0.2, 0.25) is 0 Å². The molecule has 0 saturated carbocycles. The van der Waals surface area contributed by atoms with E-state index >= 15 is 0 Å². The van der Waals surface area contributed by atoms with Crippen molar-refractivity contribution in [1.82, 2.24) is 0 Å². The predicted molar refractivity (Wildman–Crippen MR) is 46.4 cm³/mol. The van der Waals surface area contributed by atoms with Crippen molar-refractivity contribution in [3.63, 3.8) is 0 Å². The number of oxime groups is 1. The maximum absolute atomic E-state index is 11.2. The minimum Gasteiger partial charge on any atom is -0.410 e. The molecule has 0 fully saturated rings. The van der Waals surface area contributed by atoms with Gasteiger partial charge in [-0.3, -0.25) is 4.79 Å². The highest BCUT2D eigenvalue weighted by Crippen LogP contribution is 2.18. The summed E-state index contributed by atoms with van der Waals surface area (Å²) in [7, 11) is 0. The van der Waals surface area contributed by atoms with Crippen molar-refractivity contribution >= 4 is 11.5 Å². The molecule has 0 aromatic heterocycles. The third-order valence-electron chi connectivity index (χ3n) is 2.11. The molecular formula is C9H11NO2. The number of ketones is 1. The molecule has 0 spiro atoms. The zero-order valence-corrected chi connectivity index (χ0v) is 7.38. The van der Waals surface area contributed by atoms with Gasteiger partial charge >= 0.3 is 0 Å². The first-order chi connectivity index (χ1) is 5.57. The van der Waals surface area contributed by atoms with Crippen molar-refractivity contribution in [3.05, 3.63) is 22.8 Å². The van der Waals surface area contributed by atoms with Gasteiger partial charge in [-0.15, -0.1) is 0 Å². The molecule has 12 heavy (non-hydrogen) atoms. The minimum atomic E-state index is -0.00241. The normalized spacial score (nSPS) is 21.8. The SMILES string of the molecule is CC1=CC(=O)C(C)=C(C)C1=NO. The number of rotatable bonds is 0. The Bertz CT molecular complexity index is 321. The highest BCUT2D eigenvalue weighted by atomic mass is 16.4. The molecule has 1 N–H and O–H groups in total. The van der Waals surface area contributed by atoms with Gasteiger partial charge in [-0.2, -0.15) is 0 Å². The second-order valence-electron chi connectivity index (χ2n) is 2.89. The molecule has 1 aliphatic carbocycles. The van der Waals surface area contributed by atoms with E-state index in [9.17, 15) is 4.79 Å². The molecule has 1 aliphatic rings. The van der Waals surface area contributed by atoms with Crippen LogP contribution in [0.4, 0.5) is 0 Å². The van der Waals surface area contributed by atoms with Gasteiger partial charge in [0.1, 0.15) is 5.71 Å². The largest absolute Gasteiger partial charge is 0.410 e. The Balaban J connectivity index is 3.25. The smallest absolute Gasteiger partial charge is 0.182 e. The van der Waals surface area contributed by atoms with Crippen LogP contribution in [-0.2, 0) is 4.79 Å². The van der Waals surface area contributed by atoms with Crippen LogP contribution >= 0.6 is 0 Å². The highest BCUT2D eigenvalue weighted by Gasteiger charge is 2.18. The van der Waals surface area contributed by atoms with E-state index in [1.54, 1.807) is 20.8 Å². The monoisotopic (exact) mass is 165 g/mol. The summed E-state index contributed by atoms with van der Waals surface area (Å²) in [6.07, 6.45) is 1.48. The van der Waals surface area contributed by atoms with Crippen LogP contribution in [0.3, 0.4) is 0 Å². The van der Waals surface area contributed by atoms with E-state index < -0.39 is 0 Å². The number of carbonyl (C=O) groups excluding carboxylic acids is 1. The number of hydrogen-bond acceptors (Lipinski definition) is 3. The Hall–Kier alpha value is -1.38. The molecule has 0 bridgehead atoms. The van der Waals surface area contributed by atoms with E-state index in [0.717, 1.165) is 5.57 Å². The van der Waals surface area contributed by atoms with Crippen LogP contribution in [0.1, 0.15) is 20.8 Å². The fourth-order valence-electron chi connectivity index (χ4n) is 1.19. The Kier molecular flexibility index (Phi) is 2.13. The first kappa shape index (κ1) is 8.71. The molecule has 1 rings (SSSR count). The van der Waals surface area contributed by atoms with Gasteiger partial charge < -0.3 is 5.21 Å². The van der Waals surface area contributed by atoms with Gasteiger partial charge in [-0.05, 0) is 38.0 Å². The minimum absolute atomic E-state index is 0.00241. The lowest BCUT2D eigenvalue weighted by molar-refractivity contribution is -0.111. The summed E-state index contributed by atoms with van der Waals surface area (Å²) in [6, 6.07) is 0. The molecule has 0 aliphatic heterocycles. The van der Waals surface area contributed by atoms with Gasteiger partial charge in [0.05, 0.1) is 0 Å². The first-order valence-electron chi connectivity index (χ1n) is 3.71. The van der Waals surface area contributed by atoms with Crippen molar-refractivity contribution in [2.75, 3.05) is 0 Å². The van der Waals surface area contributed by atoms with Crippen molar-refractivity contribution in [3.8, 4) is 0 Å². The Morgan fingerprint density at radius 2 is 1.83 bits per heavy atom. The van der Waals surface area contributed by atoms with E-state index in [2.05, 4.69) is 5.16 Å². The molecule has 0 unspecified atom stereocenters. The molecule has 0 heterocycles. The second-order valence-corrected chi connectivity index (χ2v) is 2.89. The Morgan fingerprint density at radius 1 is 1.25 bits per heavy atom. The van der Waals surface area contributed by atoms with Gasteiger partial charge in [0.2, 0.25) is 0 Å². The maximum Gasteiger partial charge on any atom is 0.182 e. The molecule has 0 aromatic rings. The topological polar surface area (TPSA) is 49.7 Å². The molecule has 64 valence electrons. The van der Waals surface area contributed by atoms with Crippen molar-refractivity contribution < 1.29 is 10.0 Å². The van der Waals surface area contributed by atoms with Gasteiger partial charge in [0.15, 0.2) is 5.78 Å². The van der Waals surface area contributed by atoms with E-state index in [4.69, 9.17) is 5.21 Å². The summed E-state index contributed by atoms with van der Waals surface area (Å²) in [6.45, 7) is 5.26. The second kappa shape index (κ2) is 2.93. The number of allylic oxidation sites excluding steroid dienone is 4. The number of nitrogens with zero attached hydrogens (tertiary/aromatic N) is 1. The van der Waals surface area contributed by atoms with E-state index in [1.807, 2.05) is 0 Å². The summed E-state index contributed by atoms with van der Waals surface area (Å²) >= 11 is 0. The van der Waals surface area contributed by atoms with E-state index in [-0.39, 0.29) is 5.78 Å². The lowest BCUT2D eigenvalue weighted by atomic mass is 9.92. The third-order valence-corrected chi connectivity index (χ3v) is 2.11. The Labute approximate surface area is 71.1 Å². The molecule has 3 nitrogen and oxygen atoms in total. The van der Waals surface area contributed by atoms with E-state index in [0.29, 0.717) is 16.9 Å². The highest BCUT2D eigenvalue weighted by molar-refractivity contribution is 6.23. The molecule has 0 aromatic carbocycles. The fraction of sp³-hybridized carbons (Fsp3) is 0.333. The zero-order chi connectivity index (χ0) is 9.30. The summed E-state index contributed by atoms with van der Waals surface area (Å²) in [5.41, 5.74) is 2.62. The maximum atomic E-state index is 11.2. The average molecular weight is 165 g/mol. The van der Waals surface area contributed by atoms with Crippen molar-refractivity contribution in [2.45, 2.75) is 20.8 Å². The van der Waals surface area contributed by atoms with Gasteiger partial charge in [-0.25, -0.2) is 0 Å². The first-order valence-corrected chi connectivity index (χ1v) is 3.71. The molecule has 0 atom stereocenters. The standard InChI is InChI=1S/C9H11NO2/c1-5-4-8(11)6(2)7(3)9(5)10-12/h4,12H,1-3H3. The number of hydrogen-bond donors (Lipinski definition) is 1. The third kappa shape index (κ3) is 1.18. The quantitative estimate of drug-likeness (QED) is 0.337. The zero-order valence-electron chi connectivity index (χ0n) is 7.38. The van der Waals surface area contributed by atoms with Crippen LogP contribution in [-0.4, -0.2) is 16.7 Å². The van der Waals surface area contributed by atoms with Crippen molar-refractivity contribution in [1.29, 1.82) is 0 Å². The Morgan fingerprint density at radius 3 is 2.33 bits per heavy atom. The molecule has 0 radical (unpaired) electrons. The molecular weight excluding hydrogens is 154 g/mol.